The molecule has 112 heavy (non-hydrogen) atoms. The predicted molar refractivity (Wildman–Crippen MR) is 417 cm³/mol. The van der Waals surface area contributed by atoms with Crippen molar-refractivity contribution in [2.45, 2.75) is 202 Å². The Morgan fingerprint density at radius 2 is 1.06 bits per heavy atom. The minimum atomic E-state index is -1.97. The Morgan fingerprint density at radius 1 is 0.545 bits per heavy atom. The van der Waals surface area contributed by atoms with Crippen molar-refractivity contribution in [3.8, 4) is 5.75 Å². The number of carboxylic acids is 1. The molecule has 34 nitrogen and oxygen atoms in total. The molecule has 12 amide bonds. The fourth-order valence-electron chi connectivity index (χ4n) is 12.2. The standard InChI is InChI=1S/C76H104N16O18S2/c1-41(2)80-36-47-22-20-46(21-23-47)34-57-71(104)92-63(42(3)94)74(107)84-54-19-11-13-31-79-62(97)29-28-55(67(100)87-58(70(103)86-57)35-48-37-81-52-17-9-8-16-50(48)52)83-69(102)56(33-44-14-6-5-7-15-44)85-66(99)53(18-10-12-30-77)82-73(106)60(89-65(98)51(78)32-45-24-26-49(96)27-25-45)39-111-112-40-61(76(109)110)90-72(105)59(38-93)88-75(108)64(43(4)95)91-68(54)101/h5-9,14-17,20-27,37,41-43,51,53-61,63-64,80-81,93-96H,10-13,18-19,28-36,38-40,77-78H2,1-4H3,(H,79,97)(H,82,106)(H,83,102)(H,84,107)(H,85,99)(H,86,103)(H,87,100)(H,88,108)(H,89,98)(H,90,105)(H,91,101)(H,92,104)(H,109,110)/t42-,43-,51+,53+,54+,55+,56+,57+,58-,59+,60+,61+,63+,64+/m1/s1. The Kier molecular flexibility index (Phi) is 35.5. The number of fused-ring (bicyclic) bond motifs is 10. The van der Waals surface area contributed by atoms with Crippen molar-refractivity contribution in [3.05, 3.63) is 137 Å². The number of hydrogen-bond acceptors (Lipinski definition) is 22. The number of para-hydroxylation sites is 1. The molecule has 1 aromatic heterocycles. The van der Waals surface area contributed by atoms with E-state index in [0.717, 1.165) is 41.0 Å². The highest BCUT2D eigenvalue weighted by molar-refractivity contribution is 8.76. The Morgan fingerprint density at radius 3 is 1.71 bits per heavy atom. The number of aliphatic hydroxyl groups excluding tert-OH is 3. The predicted octanol–water partition coefficient (Wildman–Crippen LogP) is -2.26. The van der Waals surface area contributed by atoms with Crippen LogP contribution in [0.4, 0.5) is 0 Å². The number of phenols is 1. The Hall–Kier alpha value is -10.2. The number of aromatic hydroxyl groups is 1. The van der Waals surface area contributed by atoms with Crippen LogP contribution in [0.25, 0.3) is 10.9 Å². The number of carbonyl (C=O) groups excluding carboxylic acids is 12. The van der Waals surface area contributed by atoms with Crippen LogP contribution in [0.15, 0.2) is 109 Å². The summed E-state index contributed by atoms with van der Waals surface area (Å²) in [6, 6.07) is 8.21. The zero-order valence-corrected chi connectivity index (χ0v) is 64.4. The molecule has 0 radical (unpaired) electrons. The van der Waals surface area contributed by atoms with Gasteiger partial charge < -0.3 is 111 Å². The number of nitrogens with two attached hydrogens (primary N) is 2. The number of H-pyrrole nitrogens is 1. The van der Waals surface area contributed by atoms with Gasteiger partial charge in [0, 0.05) is 73.4 Å². The topological polar surface area (TPSA) is 547 Å². The van der Waals surface area contributed by atoms with Crippen molar-refractivity contribution < 1.29 is 87.9 Å². The number of nitrogens with one attached hydrogen (secondary N) is 14. The first-order valence-electron chi connectivity index (χ1n) is 37.2. The van der Waals surface area contributed by atoms with E-state index in [-0.39, 0.29) is 88.4 Å². The second-order valence-electron chi connectivity index (χ2n) is 28.0. The van der Waals surface area contributed by atoms with Gasteiger partial charge in [-0.1, -0.05) is 120 Å². The minimum absolute atomic E-state index is 0.00443. The van der Waals surface area contributed by atoms with Crippen LogP contribution in [0.5, 0.6) is 5.75 Å². The maximum Gasteiger partial charge on any atom is 0.327 e. The number of hydrogen-bond donors (Lipinski definition) is 21. The molecule has 4 aromatic carbocycles. The van der Waals surface area contributed by atoms with Crippen molar-refractivity contribution in [1.29, 1.82) is 0 Å². The average molecular weight is 1590 g/mol. The number of carbonyl (C=O) groups is 13. The SMILES string of the molecule is CC(C)NCc1ccc(C[C@@H]2NC(=O)[C@@H](Cc3c[nH]c4ccccc34)NC(=O)[C@@H]3CCC(=O)NCCCC[C@H](NC(=O)[C@H]([C@@H](C)O)NC2=O)C(=O)N[C@@H]([C@@H](C)O)C(=O)N[C@@H](CO)C(=O)N[C@H](C(=O)O)CSSC[C@H](NC(=O)[C@@H](N)Cc2ccc(O)cc2)C(=O)N[C@@H](CCCCN)C(=O)N[C@@H](Cc2ccccc2)C(=O)N3)cc1. The van der Waals surface area contributed by atoms with Crippen LogP contribution < -0.4 is 80.6 Å². The van der Waals surface area contributed by atoms with Crippen LogP contribution in [0, 0.1) is 0 Å². The van der Waals surface area contributed by atoms with E-state index >= 15 is 24.0 Å². The van der Waals surface area contributed by atoms with Crippen LogP contribution >= 0.6 is 21.6 Å². The first-order chi connectivity index (χ1) is 53.5. The van der Waals surface area contributed by atoms with Crippen molar-refractivity contribution in [3.63, 3.8) is 0 Å². The molecule has 2 aliphatic heterocycles. The molecule has 3 heterocycles. The van der Waals surface area contributed by atoms with Gasteiger partial charge in [-0.3, -0.25) is 57.5 Å². The summed E-state index contributed by atoms with van der Waals surface area (Å²) >= 11 is 0. The lowest BCUT2D eigenvalue weighted by molar-refractivity contribution is -0.142. The summed E-state index contributed by atoms with van der Waals surface area (Å²) in [6.07, 6.45) is -3.51. The van der Waals surface area contributed by atoms with E-state index in [1.165, 1.54) is 24.3 Å². The van der Waals surface area contributed by atoms with Crippen LogP contribution in [0.1, 0.15) is 107 Å². The molecule has 0 spiro atoms. The summed E-state index contributed by atoms with van der Waals surface area (Å²) in [7, 11) is 1.63. The van der Waals surface area contributed by atoms with Crippen molar-refractivity contribution in [1.82, 2.24) is 74.1 Å². The Balaban J connectivity index is 1.35. The van der Waals surface area contributed by atoms with Gasteiger partial charge in [0.25, 0.3) is 0 Å². The first-order valence-corrected chi connectivity index (χ1v) is 39.7. The number of carboxylic acid groups (broad SMARTS) is 1. The van der Waals surface area contributed by atoms with E-state index in [4.69, 9.17) is 11.5 Å². The largest absolute Gasteiger partial charge is 0.508 e. The van der Waals surface area contributed by atoms with E-state index < -0.39 is 187 Å². The summed E-state index contributed by atoms with van der Waals surface area (Å²) in [4.78, 5) is 193. The smallest absolute Gasteiger partial charge is 0.327 e. The molecule has 5 aromatic rings. The number of aliphatic carboxylic acids is 1. The number of amides is 12. The van der Waals surface area contributed by atoms with Crippen LogP contribution in [0.3, 0.4) is 0 Å². The molecule has 2 saturated heterocycles. The molecule has 36 heteroatoms. The number of aliphatic hydroxyl groups is 3. The zero-order chi connectivity index (χ0) is 81.6. The number of rotatable bonds is 21. The zero-order valence-electron chi connectivity index (χ0n) is 62.8. The summed E-state index contributed by atoms with van der Waals surface area (Å²) in [5, 5.41) is 88.1. The van der Waals surface area contributed by atoms with Gasteiger partial charge in [0.2, 0.25) is 70.9 Å². The van der Waals surface area contributed by atoms with Gasteiger partial charge in [0.1, 0.15) is 72.2 Å². The lowest BCUT2D eigenvalue weighted by Crippen LogP contribution is -2.63. The Bertz CT molecular complexity index is 4030. The molecule has 0 saturated carbocycles. The molecule has 23 N–H and O–H groups in total. The number of phenolic OH excluding ortho intramolecular Hbond substituents is 1. The quantitative estimate of drug-likeness (QED) is 0.0272. The number of unbranched alkanes of at least 4 members (excludes halogenated alkanes) is 1. The molecule has 0 unspecified atom stereocenters. The second kappa shape index (κ2) is 44.7. The fraction of sp³-hybridized carbons (Fsp3) is 0.487. The summed E-state index contributed by atoms with van der Waals surface area (Å²) in [5.41, 5.74) is 15.8. The normalized spacial score (nSPS) is 24.3. The highest BCUT2D eigenvalue weighted by Gasteiger charge is 2.39. The maximum absolute atomic E-state index is 15.5. The molecular formula is C76H104N16O18S2. The lowest BCUT2D eigenvalue weighted by Gasteiger charge is -2.29. The van der Waals surface area contributed by atoms with Gasteiger partial charge in [0.05, 0.1) is 24.9 Å². The number of aromatic amines is 1. The van der Waals surface area contributed by atoms with Gasteiger partial charge in [-0.25, -0.2) is 4.79 Å². The number of aromatic nitrogens is 1. The third kappa shape index (κ3) is 28.2. The summed E-state index contributed by atoms with van der Waals surface area (Å²) < 4.78 is 0. The van der Waals surface area contributed by atoms with E-state index in [9.17, 15) is 63.9 Å². The fourth-order valence-corrected chi connectivity index (χ4v) is 14.5. The van der Waals surface area contributed by atoms with E-state index in [2.05, 4.69) is 74.1 Å². The summed E-state index contributed by atoms with van der Waals surface area (Å²) in [6.45, 7) is 5.55. The maximum atomic E-state index is 15.5. The molecule has 608 valence electrons. The van der Waals surface area contributed by atoms with Crippen molar-refractivity contribution >= 4 is 109 Å². The average Bonchev–Trinajstić information content (AvgIpc) is 1.62. The van der Waals surface area contributed by atoms with Crippen LogP contribution in [0.2, 0.25) is 0 Å². The molecule has 2 bridgehead atoms. The highest BCUT2D eigenvalue weighted by atomic mass is 33.1. The lowest BCUT2D eigenvalue weighted by atomic mass is 10.00. The van der Waals surface area contributed by atoms with Gasteiger partial charge in [0.15, 0.2) is 0 Å². The summed E-state index contributed by atoms with van der Waals surface area (Å²) in [5.74, 6) is -14.8. The van der Waals surface area contributed by atoms with E-state index in [1.807, 2.05) is 13.8 Å². The van der Waals surface area contributed by atoms with Crippen LogP contribution in [-0.4, -0.2) is 229 Å². The molecule has 7 rings (SSSR count). The van der Waals surface area contributed by atoms with E-state index in [1.54, 1.807) is 85.1 Å². The Labute approximate surface area is 655 Å². The van der Waals surface area contributed by atoms with Gasteiger partial charge in [-0.05, 0) is 118 Å². The molecule has 0 aliphatic carbocycles. The molecular weight excluding hydrogens is 1490 g/mol. The van der Waals surface area contributed by atoms with Gasteiger partial charge >= 0.3 is 5.97 Å². The second-order valence-corrected chi connectivity index (χ2v) is 30.6. The molecule has 2 fully saturated rings. The van der Waals surface area contributed by atoms with Crippen LogP contribution in [-0.2, 0) is 94.6 Å². The third-order valence-electron chi connectivity index (χ3n) is 18.7. The first kappa shape index (κ1) is 89.0. The van der Waals surface area contributed by atoms with Crippen molar-refractivity contribution in [2.24, 2.45) is 11.5 Å². The van der Waals surface area contributed by atoms with Gasteiger partial charge in [-0.15, -0.1) is 0 Å². The number of benzene rings is 4. The monoisotopic (exact) mass is 1590 g/mol. The van der Waals surface area contributed by atoms with Gasteiger partial charge in [-0.2, -0.15) is 0 Å². The molecule has 2 aliphatic rings. The van der Waals surface area contributed by atoms with E-state index in [0.29, 0.717) is 46.1 Å². The highest BCUT2D eigenvalue weighted by Crippen LogP contribution is 2.25. The molecule has 14 atom stereocenters. The van der Waals surface area contributed by atoms with Crippen molar-refractivity contribution in [2.75, 3.05) is 31.2 Å². The minimum Gasteiger partial charge on any atom is -0.508 e. The third-order valence-corrected chi connectivity index (χ3v) is 21.1.